The van der Waals surface area contributed by atoms with Crippen molar-refractivity contribution in [1.82, 2.24) is 4.98 Å². The molecule has 0 N–H and O–H groups in total. The van der Waals surface area contributed by atoms with E-state index in [1.165, 1.54) is 11.3 Å². The lowest BCUT2D eigenvalue weighted by atomic mass is 10.1. The average molecular weight is 296 g/mol. The largest absolute Gasteiger partial charge is 0.462 e. The second kappa shape index (κ2) is 5.31. The number of esters is 1. The molecule has 2 heterocycles. The maximum atomic E-state index is 12.0. The van der Waals surface area contributed by atoms with Crippen LogP contribution < -0.4 is 0 Å². The Morgan fingerprint density at radius 1 is 1.53 bits per heavy atom. The SMILES string of the molecule is C=Cc1c(C(=O)OCC)sc2nc(C)c(Cl)c(C)c12. The molecule has 5 heteroatoms. The third-order valence-electron chi connectivity index (χ3n) is 2.88. The molecule has 2 aromatic rings. The molecule has 0 saturated carbocycles. The van der Waals surface area contributed by atoms with Crippen LogP contribution in [0, 0.1) is 13.8 Å². The van der Waals surface area contributed by atoms with Crippen LogP contribution in [0.2, 0.25) is 5.02 Å². The molecule has 0 aliphatic carbocycles. The summed E-state index contributed by atoms with van der Waals surface area (Å²) in [6.07, 6.45) is 1.66. The number of thiophene rings is 1. The van der Waals surface area contributed by atoms with Gasteiger partial charge in [0.25, 0.3) is 0 Å². The van der Waals surface area contributed by atoms with Gasteiger partial charge in [0.1, 0.15) is 9.71 Å². The predicted molar refractivity (Wildman–Crippen MR) is 80.2 cm³/mol. The number of carbonyl (C=O) groups is 1. The molecule has 0 bridgehead atoms. The second-order valence-electron chi connectivity index (χ2n) is 4.09. The molecule has 0 saturated heterocycles. The molecular formula is C14H14ClNO2S. The molecule has 19 heavy (non-hydrogen) atoms. The molecule has 0 aliphatic rings. The number of fused-ring (bicyclic) bond motifs is 1. The van der Waals surface area contributed by atoms with Gasteiger partial charge < -0.3 is 4.74 Å². The van der Waals surface area contributed by atoms with Gasteiger partial charge in [0.2, 0.25) is 0 Å². The Hall–Kier alpha value is -1.39. The van der Waals surface area contributed by atoms with Crippen molar-refractivity contribution in [2.24, 2.45) is 0 Å². The van der Waals surface area contributed by atoms with Crippen molar-refractivity contribution in [1.29, 1.82) is 0 Å². The first-order chi connectivity index (χ1) is 9.01. The van der Waals surface area contributed by atoms with E-state index in [9.17, 15) is 4.79 Å². The number of carbonyl (C=O) groups excluding carboxylic acids is 1. The van der Waals surface area contributed by atoms with Crippen LogP contribution in [0.25, 0.3) is 16.3 Å². The molecule has 0 unspecified atom stereocenters. The Balaban J connectivity index is 2.79. The van der Waals surface area contributed by atoms with Crippen molar-refractivity contribution < 1.29 is 9.53 Å². The number of hydrogen-bond donors (Lipinski definition) is 0. The fourth-order valence-electron chi connectivity index (χ4n) is 2.00. The molecule has 0 atom stereocenters. The van der Waals surface area contributed by atoms with Crippen LogP contribution in [-0.2, 0) is 4.74 Å². The molecule has 100 valence electrons. The molecule has 0 spiro atoms. The summed E-state index contributed by atoms with van der Waals surface area (Å²) >= 11 is 7.55. The summed E-state index contributed by atoms with van der Waals surface area (Å²) in [5.74, 6) is -0.339. The van der Waals surface area contributed by atoms with E-state index >= 15 is 0 Å². The molecule has 0 amide bonds. The van der Waals surface area contributed by atoms with Crippen LogP contribution in [-0.4, -0.2) is 17.6 Å². The van der Waals surface area contributed by atoms with E-state index in [0.29, 0.717) is 16.5 Å². The van der Waals surface area contributed by atoms with Gasteiger partial charge in [-0.05, 0) is 26.3 Å². The fourth-order valence-corrected chi connectivity index (χ4v) is 3.31. The molecule has 2 aromatic heterocycles. The number of aryl methyl sites for hydroxylation is 2. The van der Waals surface area contributed by atoms with Gasteiger partial charge in [0.15, 0.2) is 0 Å². The summed E-state index contributed by atoms with van der Waals surface area (Å²) in [6, 6.07) is 0. The van der Waals surface area contributed by atoms with Crippen molar-refractivity contribution in [3.8, 4) is 0 Å². The number of rotatable bonds is 3. The van der Waals surface area contributed by atoms with E-state index < -0.39 is 0 Å². The van der Waals surface area contributed by atoms with Crippen molar-refractivity contribution in [3.63, 3.8) is 0 Å². The first kappa shape index (κ1) is 14.0. The monoisotopic (exact) mass is 295 g/mol. The minimum atomic E-state index is -0.339. The van der Waals surface area contributed by atoms with Crippen molar-refractivity contribution in [3.05, 3.63) is 33.3 Å². The molecule has 3 nitrogen and oxygen atoms in total. The smallest absolute Gasteiger partial charge is 0.349 e. The predicted octanol–water partition coefficient (Wildman–Crippen LogP) is 4.39. The molecule has 2 rings (SSSR count). The maximum Gasteiger partial charge on any atom is 0.349 e. The summed E-state index contributed by atoms with van der Waals surface area (Å²) < 4.78 is 5.06. The zero-order valence-electron chi connectivity index (χ0n) is 11.0. The minimum absolute atomic E-state index is 0.339. The van der Waals surface area contributed by atoms with Gasteiger partial charge in [0.05, 0.1) is 17.3 Å². The number of halogens is 1. The van der Waals surface area contributed by atoms with Crippen LogP contribution >= 0.6 is 22.9 Å². The summed E-state index contributed by atoms with van der Waals surface area (Å²) in [5.41, 5.74) is 2.44. The van der Waals surface area contributed by atoms with Gasteiger partial charge in [-0.2, -0.15) is 0 Å². The highest BCUT2D eigenvalue weighted by Gasteiger charge is 2.21. The van der Waals surface area contributed by atoms with Gasteiger partial charge in [-0.3, -0.25) is 0 Å². The lowest BCUT2D eigenvalue weighted by Crippen LogP contribution is -2.03. The van der Waals surface area contributed by atoms with Gasteiger partial charge in [-0.15, -0.1) is 11.3 Å². The van der Waals surface area contributed by atoms with E-state index in [2.05, 4.69) is 11.6 Å². The lowest BCUT2D eigenvalue weighted by molar-refractivity contribution is 0.0532. The first-order valence-electron chi connectivity index (χ1n) is 5.90. The lowest BCUT2D eigenvalue weighted by Gasteiger charge is -2.04. The third kappa shape index (κ3) is 2.26. The Morgan fingerprint density at radius 2 is 2.21 bits per heavy atom. The zero-order chi connectivity index (χ0) is 14.2. The second-order valence-corrected chi connectivity index (χ2v) is 5.46. The van der Waals surface area contributed by atoms with Gasteiger partial charge in [-0.25, -0.2) is 9.78 Å². The third-order valence-corrected chi connectivity index (χ3v) is 4.52. The summed E-state index contributed by atoms with van der Waals surface area (Å²) in [7, 11) is 0. The van der Waals surface area contributed by atoms with Crippen LogP contribution in [0.5, 0.6) is 0 Å². The average Bonchev–Trinajstić information content (AvgIpc) is 2.74. The summed E-state index contributed by atoms with van der Waals surface area (Å²) in [4.78, 5) is 17.7. The van der Waals surface area contributed by atoms with E-state index in [-0.39, 0.29) is 5.97 Å². The van der Waals surface area contributed by atoms with Crippen LogP contribution in [0.15, 0.2) is 6.58 Å². The Labute approximate surface area is 120 Å². The Bertz CT molecular complexity index is 676. The molecule has 0 fully saturated rings. The van der Waals surface area contributed by atoms with Crippen molar-refractivity contribution >= 4 is 45.2 Å². The van der Waals surface area contributed by atoms with E-state index in [1.807, 2.05) is 13.8 Å². The standard InChI is InChI=1S/C14H14ClNO2S/c1-5-9-10-7(3)11(15)8(4)16-13(10)19-12(9)14(17)18-6-2/h5H,1,6H2,2-4H3. The number of pyridine rings is 1. The first-order valence-corrected chi connectivity index (χ1v) is 7.09. The van der Waals surface area contributed by atoms with E-state index in [0.717, 1.165) is 27.0 Å². The van der Waals surface area contributed by atoms with Gasteiger partial charge in [-0.1, -0.05) is 24.3 Å². The zero-order valence-corrected chi connectivity index (χ0v) is 12.6. The fraction of sp³-hybridized carbons (Fsp3) is 0.286. The number of ether oxygens (including phenoxy) is 1. The number of nitrogens with zero attached hydrogens (tertiary/aromatic N) is 1. The van der Waals surface area contributed by atoms with E-state index in [1.54, 1.807) is 13.0 Å². The number of hydrogen-bond acceptors (Lipinski definition) is 4. The van der Waals surface area contributed by atoms with Gasteiger partial charge in [0, 0.05) is 10.9 Å². The normalized spacial score (nSPS) is 10.7. The topological polar surface area (TPSA) is 39.2 Å². The highest BCUT2D eigenvalue weighted by Crippen LogP contribution is 2.37. The molecule has 0 aromatic carbocycles. The summed E-state index contributed by atoms with van der Waals surface area (Å²) in [5, 5.41) is 1.52. The highest BCUT2D eigenvalue weighted by atomic mass is 35.5. The minimum Gasteiger partial charge on any atom is -0.462 e. The van der Waals surface area contributed by atoms with E-state index in [4.69, 9.17) is 16.3 Å². The number of aromatic nitrogens is 1. The van der Waals surface area contributed by atoms with Crippen molar-refractivity contribution in [2.45, 2.75) is 20.8 Å². The van der Waals surface area contributed by atoms with Crippen LogP contribution in [0.4, 0.5) is 0 Å². The van der Waals surface area contributed by atoms with Gasteiger partial charge >= 0.3 is 5.97 Å². The maximum absolute atomic E-state index is 12.0. The highest BCUT2D eigenvalue weighted by molar-refractivity contribution is 7.20. The molecular weight excluding hydrogens is 282 g/mol. The quantitative estimate of drug-likeness (QED) is 0.789. The Kier molecular flexibility index (Phi) is 3.92. The van der Waals surface area contributed by atoms with Crippen molar-refractivity contribution in [2.75, 3.05) is 6.61 Å². The van der Waals surface area contributed by atoms with Crippen LogP contribution in [0.1, 0.15) is 33.4 Å². The molecule has 0 aliphatic heterocycles. The summed E-state index contributed by atoms with van der Waals surface area (Å²) in [6.45, 7) is 9.68. The molecule has 0 radical (unpaired) electrons. The Morgan fingerprint density at radius 3 is 2.79 bits per heavy atom. The van der Waals surface area contributed by atoms with Crippen LogP contribution in [0.3, 0.4) is 0 Å².